The summed E-state index contributed by atoms with van der Waals surface area (Å²) < 4.78 is 49.4. The molecule has 154 valence electrons. The molecule has 1 fully saturated rings. The number of hydrogen-bond donors (Lipinski definition) is 2. The maximum absolute atomic E-state index is 13.2. The molecule has 0 aromatic heterocycles. The molecule has 0 spiro atoms. The van der Waals surface area contributed by atoms with Crippen molar-refractivity contribution in [2.24, 2.45) is 0 Å². The molecule has 10 heteroatoms. The fourth-order valence-electron chi connectivity index (χ4n) is 2.83. The number of rotatable bonds is 6. The number of benzene rings is 2. The lowest BCUT2D eigenvalue weighted by Crippen LogP contribution is -2.33. The van der Waals surface area contributed by atoms with Crippen LogP contribution < -0.4 is 10.6 Å². The van der Waals surface area contributed by atoms with Crippen LogP contribution in [0.4, 0.5) is 14.5 Å². The Balaban J connectivity index is 1.59. The highest BCUT2D eigenvalue weighted by molar-refractivity contribution is 8.02. The van der Waals surface area contributed by atoms with E-state index >= 15 is 0 Å². The number of amides is 2. The molecule has 0 radical (unpaired) electrons. The smallest absolute Gasteiger partial charge is 0.252 e. The Morgan fingerprint density at radius 3 is 2.55 bits per heavy atom. The minimum Gasteiger partial charge on any atom is -0.343 e. The van der Waals surface area contributed by atoms with Crippen LogP contribution in [0.1, 0.15) is 16.8 Å². The standard InChI is InChI=1S/C19H18F2N2O4S2/c20-15-6-5-12(9-16(15)21)23-18(24)10-22-19(25)14-3-1-2-4-17(14)28-13-7-8-29(26,27)11-13/h1-6,9,13H,7-8,10-11H2,(H,22,25)(H,23,24)/t13-/m1/s1. The molecule has 0 aliphatic carbocycles. The van der Waals surface area contributed by atoms with Gasteiger partial charge in [-0.05, 0) is 30.7 Å². The molecule has 2 N–H and O–H groups in total. The lowest BCUT2D eigenvalue weighted by molar-refractivity contribution is -0.115. The molecule has 1 saturated heterocycles. The predicted molar refractivity (Wildman–Crippen MR) is 107 cm³/mol. The Bertz CT molecular complexity index is 1040. The van der Waals surface area contributed by atoms with Crippen LogP contribution >= 0.6 is 11.8 Å². The van der Waals surface area contributed by atoms with Crippen molar-refractivity contribution >= 4 is 39.1 Å². The van der Waals surface area contributed by atoms with E-state index in [1.54, 1.807) is 24.3 Å². The molecule has 0 unspecified atom stereocenters. The number of carbonyl (C=O) groups is 2. The second-order valence-corrected chi connectivity index (χ2v) is 10.1. The van der Waals surface area contributed by atoms with Gasteiger partial charge in [0, 0.05) is 21.9 Å². The highest BCUT2D eigenvalue weighted by Crippen LogP contribution is 2.33. The fourth-order valence-corrected chi connectivity index (χ4v) is 6.45. The van der Waals surface area contributed by atoms with Crippen LogP contribution in [-0.4, -0.2) is 43.5 Å². The number of carbonyl (C=O) groups excluding carboxylic acids is 2. The van der Waals surface area contributed by atoms with Crippen LogP contribution in [0.2, 0.25) is 0 Å². The minimum atomic E-state index is -3.03. The van der Waals surface area contributed by atoms with Crippen molar-refractivity contribution in [3.63, 3.8) is 0 Å². The first-order valence-corrected chi connectivity index (χ1v) is 11.4. The van der Waals surface area contributed by atoms with Gasteiger partial charge in [0.05, 0.1) is 23.6 Å². The average Bonchev–Trinajstić information content (AvgIpc) is 3.01. The van der Waals surface area contributed by atoms with Crippen molar-refractivity contribution in [1.82, 2.24) is 5.32 Å². The molecule has 0 bridgehead atoms. The maximum Gasteiger partial charge on any atom is 0.252 e. The van der Waals surface area contributed by atoms with Crippen LogP contribution in [0, 0.1) is 11.6 Å². The van der Waals surface area contributed by atoms with Crippen molar-refractivity contribution < 1.29 is 26.8 Å². The molecule has 1 atom stereocenters. The third kappa shape index (κ3) is 5.77. The van der Waals surface area contributed by atoms with Crippen molar-refractivity contribution in [3.05, 3.63) is 59.7 Å². The quantitative estimate of drug-likeness (QED) is 0.721. The fraction of sp³-hybridized carbons (Fsp3) is 0.263. The Morgan fingerprint density at radius 2 is 1.86 bits per heavy atom. The molecule has 2 aromatic rings. The maximum atomic E-state index is 13.2. The molecule has 2 amide bonds. The summed E-state index contributed by atoms with van der Waals surface area (Å²) in [6, 6.07) is 9.68. The number of halogens is 2. The van der Waals surface area contributed by atoms with E-state index in [1.807, 2.05) is 0 Å². The minimum absolute atomic E-state index is 0.0709. The van der Waals surface area contributed by atoms with Gasteiger partial charge in [0.15, 0.2) is 21.5 Å². The first-order valence-electron chi connectivity index (χ1n) is 8.73. The van der Waals surface area contributed by atoms with E-state index in [9.17, 15) is 26.8 Å². The van der Waals surface area contributed by atoms with E-state index in [-0.39, 0.29) is 29.0 Å². The van der Waals surface area contributed by atoms with E-state index in [0.29, 0.717) is 16.9 Å². The summed E-state index contributed by atoms with van der Waals surface area (Å²) in [5.41, 5.74) is 0.406. The van der Waals surface area contributed by atoms with Crippen LogP contribution in [0.25, 0.3) is 0 Å². The van der Waals surface area contributed by atoms with Gasteiger partial charge in [-0.2, -0.15) is 0 Å². The summed E-state index contributed by atoms with van der Waals surface area (Å²) in [4.78, 5) is 25.1. The third-order valence-corrected chi connectivity index (χ3v) is 7.55. The monoisotopic (exact) mass is 440 g/mol. The van der Waals surface area contributed by atoms with Crippen molar-refractivity contribution in [3.8, 4) is 0 Å². The van der Waals surface area contributed by atoms with Gasteiger partial charge in [-0.15, -0.1) is 11.8 Å². The van der Waals surface area contributed by atoms with Gasteiger partial charge >= 0.3 is 0 Å². The van der Waals surface area contributed by atoms with E-state index < -0.39 is 33.3 Å². The number of anilines is 1. The number of nitrogens with one attached hydrogen (secondary N) is 2. The molecule has 6 nitrogen and oxygen atoms in total. The van der Waals surface area contributed by atoms with Gasteiger partial charge in [-0.25, -0.2) is 17.2 Å². The van der Waals surface area contributed by atoms with E-state index in [1.165, 1.54) is 17.8 Å². The van der Waals surface area contributed by atoms with Crippen LogP contribution in [0.15, 0.2) is 47.4 Å². The second kappa shape index (κ2) is 8.91. The van der Waals surface area contributed by atoms with E-state index in [2.05, 4.69) is 10.6 Å². The summed E-state index contributed by atoms with van der Waals surface area (Å²) in [5, 5.41) is 4.72. The largest absolute Gasteiger partial charge is 0.343 e. The third-order valence-electron chi connectivity index (χ3n) is 4.23. The Labute approximate surface area is 171 Å². The van der Waals surface area contributed by atoms with Crippen molar-refractivity contribution in [2.75, 3.05) is 23.4 Å². The van der Waals surface area contributed by atoms with Gasteiger partial charge < -0.3 is 10.6 Å². The summed E-state index contributed by atoms with van der Waals surface area (Å²) in [6.07, 6.45) is 0.527. The number of sulfone groups is 1. The Kier molecular flexibility index (Phi) is 6.53. The molecule has 1 aliphatic heterocycles. The topological polar surface area (TPSA) is 92.3 Å². The molecule has 3 rings (SSSR count). The lowest BCUT2D eigenvalue weighted by Gasteiger charge is -2.13. The number of hydrogen-bond acceptors (Lipinski definition) is 5. The van der Waals surface area contributed by atoms with E-state index in [4.69, 9.17) is 0 Å². The zero-order valence-corrected chi connectivity index (χ0v) is 16.8. The van der Waals surface area contributed by atoms with Crippen molar-refractivity contribution in [1.29, 1.82) is 0 Å². The first-order chi connectivity index (χ1) is 13.7. The first kappa shape index (κ1) is 21.3. The SMILES string of the molecule is O=C(CNC(=O)c1ccccc1S[C@@H]1CCS(=O)(=O)C1)Nc1ccc(F)c(F)c1. The predicted octanol–water partition coefficient (Wildman–Crippen LogP) is 2.61. The molecule has 1 heterocycles. The Morgan fingerprint density at radius 1 is 1.10 bits per heavy atom. The average molecular weight is 440 g/mol. The summed E-state index contributed by atoms with van der Waals surface area (Å²) in [6.45, 7) is -0.366. The summed E-state index contributed by atoms with van der Waals surface area (Å²) in [5.74, 6) is -2.99. The molecule has 29 heavy (non-hydrogen) atoms. The van der Waals surface area contributed by atoms with Gasteiger partial charge in [-0.3, -0.25) is 9.59 Å². The van der Waals surface area contributed by atoms with Gasteiger partial charge in [0.25, 0.3) is 5.91 Å². The molecule has 1 aliphatic rings. The second-order valence-electron chi connectivity index (χ2n) is 6.50. The molecule has 0 saturated carbocycles. The lowest BCUT2D eigenvalue weighted by atomic mass is 10.2. The van der Waals surface area contributed by atoms with Crippen LogP contribution in [0.5, 0.6) is 0 Å². The van der Waals surface area contributed by atoms with Crippen LogP contribution in [0.3, 0.4) is 0 Å². The zero-order chi connectivity index (χ0) is 21.0. The van der Waals surface area contributed by atoms with Gasteiger partial charge in [-0.1, -0.05) is 12.1 Å². The highest BCUT2D eigenvalue weighted by Gasteiger charge is 2.29. The highest BCUT2D eigenvalue weighted by atomic mass is 32.2. The summed E-state index contributed by atoms with van der Waals surface area (Å²) in [7, 11) is -3.03. The van der Waals surface area contributed by atoms with E-state index in [0.717, 1.165) is 12.1 Å². The molecular weight excluding hydrogens is 422 g/mol. The van der Waals surface area contributed by atoms with Gasteiger partial charge in [0.1, 0.15) is 0 Å². The Hall–Kier alpha value is -2.46. The number of thioether (sulfide) groups is 1. The van der Waals surface area contributed by atoms with Crippen LogP contribution in [-0.2, 0) is 14.6 Å². The zero-order valence-electron chi connectivity index (χ0n) is 15.2. The van der Waals surface area contributed by atoms with Crippen molar-refractivity contribution in [2.45, 2.75) is 16.6 Å². The molecular formula is C19H18F2N2O4S2. The summed E-state index contributed by atoms with van der Waals surface area (Å²) >= 11 is 1.33. The van der Waals surface area contributed by atoms with Gasteiger partial charge in [0.2, 0.25) is 5.91 Å². The normalized spacial score (nSPS) is 17.7. The molecule has 2 aromatic carbocycles.